The third kappa shape index (κ3) is 6.62. The highest BCUT2D eigenvalue weighted by molar-refractivity contribution is 7.22. The molecule has 0 bridgehead atoms. The van der Waals surface area contributed by atoms with Crippen molar-refractivity contribution in [2.45, 2.75) is 39.3 Å². The average Bonchev–Trinajstić information content (AvgIpc) is 3.36. The first kappa shape index (κ1) is 27.0. The normalized spacial score (nSPS) is 12.0. The van der Waals surface area contributed by atoms with Crippen molar-refractivity contribution >= 4 is 55.7 Å². The smallest absolute Gasteiger partial charge is 0.444 e. The van der Waals surface area contributed by atoms with Gasteiger partial charge in [-0.15, -0.1) is 13.2 Å². The number of carbonyl (C=O) groups excluding carboxylic acids is 2. The molecule has 4 rings (SSSR count). The molecule has 2 aromatic heterocycles. The van der Waals surface area contributed by atoms with Crippen molar-refractivity contribution < 1.29 is 32.2 Å². The molecule has 0 radical (unpaired) electrons. The molecule has 0 fully saturated rings. The molecule has 0 aliphatic carbocycles. The van der Waals surface area contributed by atoms with Gasteiger partial charge in [-0.05, 0) is 51.1 Å². The number of nitrogens with zero attached hydrogens (tertiary/aromatic N) is 3. The molecule has 14 heteroatoms. The van der Waals surface area contributed by atoms with E-state index in [4.69, 9.17) is 4.74 Å². The molecule has 0 unspecified atom stereocenters. The monoisotopic (exact) mass is 550 g/mol. The van der Waals surface area contributed by atoms with Crippen LogP contribution >= 0.6 is 11.3 Å². The Bertz CT molecular complexity index is 1490. The maximum atomic E-state index is 12.6. The van der Waals surface area contributed by atoms with Crippen LogP contribution in [-0.4, -0.2) is 52.1 Å². The lowest BCUT2D eigenvalue weighted by Crippen LogP contribution is -2.34. The highest BCUT2D eigenvalue weighted by atomic mass is 32.1. The maximum absolute atomic E-state index is 12.6. The van der Waals surface area contributed by atoms with Crippen molar-refractivity contribution in [1.82, 2.24) is 25.2 Å². The van der Waals surface area contributed by atoms with E-state index in [1.807, 2.05) is 0 Å². The number of thiazole rings is 1. The van der Waals surface area contributed by atoms with Crippen molar-refractivity contribution in [2.24, 2.45) is 0 Å². The van der Waals surface area contributed by atoms with Gasteiger partial charge >= 0.3 is 12.5 Å². The van der Waals surface area contributed by atoms with Gasteiger partial charge in [0.1, 0.15) is 11.4 Å². The number of aromatic nitrogens is 3. The summed E-state index contributed by atoms with van der Waals surface area (Å²) in [5, 5.41) is 8.76. The average molecular weight is 551 g/mol. The SMILES string of the molecule is CNC(=O)c1ccc2c(c1)nc(Nc1nc3ccc(OC(F)(F)F)cc3s1)n2CCNC(=O)OC(C)(C)C. The fourth-order valence-corrected chi connectivity index (χ4v) is 4.46. The second-order valence-electron chi connectivity index (χ2n) is 9.12. The van der Waals surface area contributed by atoms with E-state index in [2.05, 4.69) is 30.7 Å². The van der Waals surface area contributed by atoms with Crippen LogP contribution in [0.4, 0.5) is 29.0 Å². The molecular formula is C24H25F3N6O4S. The molecule has 4 aromatic rings. The third-order valence-corrected chi connectivity index (χ3v) is 5.99. The van der Waals surface area contributed by atoms with Gasteiger partial charge in [-0.1, -0.05) is 11.3 Å². The Kier molecular flexibility index (Phi) is 7.35. The minimum absolute atomic E-state index is 0.213. The van der Waals surface area contributed by atoms with Crippen molar-refractivity contribution in [2.75, 3.05) is 18.9 Å². The van der Waals surface area contributed by atoms with Gasteiger partial charge in [0.25, 0.3) is 5.91 Å². The minimum Gasteiger partial charge on any atom is -0.444 e. The Hall–Kier alpha value is -4.07. The van der Waals surface area contributed by atoms with E-state index in [9.17, 15) is 22.8 Å². The second-order valence-corrected chi connectivity index (χ2v) is 10.2. The number of hydrogen-bond donors (Lipinski definition) is 3. The summed E-state index contributed by atoms with van der Waals surface area (Å²) >= 11 is 1.12. The number of hydrogen-bond acceptors (Lipinski definition) is 8. The van der Waals surface area contributed by atoms with Crippen LogP contribution in [0.3, 0.4) is 0 Å². The Labute approximate surface area is 219 Å². The zero-order valence-electron chi connectivity index (χ0n) is 20.9. The van der Waals surface area contributed by atoms with Crippen LogP contribution in [0, 0.1) is 0 Å². The van der Waals surface area contributed by atoms with Crippen LogP contribution < -0.4 is 20.7 Å². The number of alkyl carbamates (subject to hydrolysis) is 1. The van der Waals surface area contributed by atoms with E-state index in [1.54, 1.807) is 43.5 Å². The number of imidazole rings is 1. The Morgan fingerprint density at radius 2 is 1.82 bits per heavy atom. The van der Waals surface area contributed by atoms with E-state index in [-0.39, 0.29) is 18.2 Å². The summed E-state index contributed by atoms with van der Waals surface area (Å²) in [5.74, 6) is -0.251. The molecule has 0 spiro atoms. The summed E-state index contributed by atoms with van der Waals surface area (Å²) < 4.78 is 49.3. The molecule has 0 aliphatic rings. The lowest BCUT2D eigenvalue weighted by molar-refractivity contribution is -0.274. The molecule has 0 saturated heterocycles. The summed E-state index contributed by atoms with van der Waals surface area (Å²) in [6, 6.07) is 8.92. The lowest BCUT2D eigenvalue weighted by atomic mass is 10.2. The molecule has 2 heterocycles. The summed E-state index contributed by atoms with van der Waals surface area (Å²) in [4.78, 5) is 33.2. The maximum Gasteiger partial charge on any atom is 0.573 e. The third-order valence-electron chi connectivity index (χ3n) is 5.05. The van der Waals surface area contributed by atoms with Crippen LogP contribution in [0.5, 0.6) is 5.75 Å². The van der Waals surface area contributed by atoms with Gasteiger partial charge in [0.2, 0.25) is 5.95 Å². The van der Waals surface area contributed by atoms with Crippen LogP contribution in [0.2, 0.25) is 0 Å². The van der Waals surface area contributed by atoms with Crippen molar-refractivity contribution in [3.63, 3.8) is 0 Å². The van der Waals surface area contributed by atoms with E-state index in [1.165, 1.54) is 25.2 Å². The Morgan fingerprint density at radius 3 is 2.50 bits per heavy atom. The predicted molar refractivity (Wildman–Crippen MR) is 137 cm³/mol. The van der Waals surface area contributed by atoms with E-state index < -0.39 is 18.1 Å². The minimum atomic E-state index is -4.80. The topological polar surface area (TPSA) is 119 Å². The highest BCUT2D eigenvalue weighted by Gasteiger charge is 2.31. The zero-order valence-corrected chi connectivity index (χ0v) is 21.7. The first-order valence-corrected chi connectivity index (χ1v) is 12.3. The first-order chi connectivity index (χ1) is 17.8. The number of ether oxygens (including phenoxy) is 2. The quantitative estimate of drug-likeness (QED) is 0.290. The zero-order chi connectivity index (χ0) is 27.7. The van der Waals surface area contributed by atoms with Gasteiger partial charge in [-0.25, -0.2) is 14.8 Å². The number of alkyl halides is 3. The first-order valence-electron chi connectivity index (χ1n) is 11.4. The molecule has 38 heavy (non-hydrogen) atoms. The largest absolute Gasteiger partial charge is 0.573 e. The van der Waals surface area contributed by atoms with Crippen molar-refractivity contribution in [1.29, 1.82) is 0 Å². The molecular weight excluding hydrogens is 525 g/mol. The fraction of sp³-hybridized carbons (Fsp3) is 0.333. The number of rotatable bonds is 7. The van der Waals surface area contributed by atoms with Crippen LogP contribution in [0.1, 0.15) is 31.1 Å². The summed E-state index contributed by atoms with van der Waals surface area (Å²) in [6.07, 6.45) is -5.37. The lowest BCUT2D eigenvalue weighted by Gasteiger charge is -2.20. The van der Waals surface area contributed by atoms with Crippen molar-refractivity contribution in [3.05, 3.63) is 42.0 Å². The molecule has 2 aromatic carbocycles. The standard InChI is InChI=1S/C24H25F3N6O4S/c1-23(2,3)37-22(35)29-9-10-33-17-8-5-13(19(34)28-4)11-16(17)30-20(33)32-21-31-15-7-6-14(12-18(15)38-21)36-24(25,26)27/h5-8,11-12H,9-10H2,1-4H3,(H,28,34)(H,29,35)(H,30,31,32). The van der Waals surface area contributed by atoms with Crippen LogP contribution in [0.15, 0.2) is 36.4 Å². The molecule has 2 amide bonds. The van der Waals surface area contributed by atoms with Crippen LogP contribution in [-0.2, 0) is 11.3 Å². The second kappa shape index (κ2) is 10.4. The van der Waals surface area contributed by atoms with Gasteiger partial charge in [0.05, 0.1) is 21.3 Å². The van der Waals surface area contributed by atoms with Gasteiger partial charge < -0.3 is 30.0 Å². The highest BCUT2D eigenvalue weighted by Crippen LogP contribution is 2.33. The van der Waals surface area contributed by atoms with Gasteiger partial charge in [0, 0.05) is 31.8 Å². The Morgan fingerprint density at radius 1 is 1.05 bits per heavy atom. The van der Waals surface area contributed by atoms with E-state index >= 15 is 0 Å². The number of anilines is 2. The molecule has 0 saturated carbocycles. The van der Waals surface area contributed by atoms with Crippen molar-refractivity contribution in [3.8, 4) is 5.75 Å². The summed E-state index contributed by atoms with van der Waals surface area (Å²) in [5.41, 5.74) is 1.46. The molecule has 0 atom stereocenters. The number of amides is 2. The molecule has 202 valence electrons. The molecule has 10 nitrogen and oxygen atoms in total. The van der Waals surface area contributed by atoms with E-state index in [0.717, 1.165) is 11.3 Å². The number of halogens is 3. The number of benzene rings is 2. The Balaban J connectivity index is 1.62. The van der Waals surface area contributed by atoms with Crippen LogP contribution in [0.25, 0.3) is 21.3 Å². The predicted octanol–water partition coefficient (Wildman–Crippen LogP) is 5.17. The molecule has 3 N–H and O–H groups in total. The van der Waals surface area contributed by atoms with Gasteiger partial charge in [-0.3, -0.25) is 4.79 Å². The molecule has 0 aliphatic heterocycles. The van der Waals surface area contributed by atoms with Gasteiger partial charge in [0.15, 0.2) is 5.13 Å². The summed E-state index contributed by atoms with van der Waals surface area (Å²) in [6.45, 7) is 5.80. The van der Waals surface area contributed by atoms with Gasteiger partial charge in [-0.2, -0.15) is 0 Å². The van der Waals surface area contributed by atoms with E-state index in [0.29, 0.717) is 44.4 Å². The summed E-state index contributed by atoms with van der Waals surface area (Å²) in [7, 11) is 1.53. The number of carbonyl (C=O) groups is 2. The number of nitrogens with one attached hydrogen (secondary N) is 3. The fourth-order valence-electron chi connectivity index (χ4n) is 3.57. The number of fused-ring (bicyclic) bond motifs is 2.